The van der Waals surface area contributed by atoms with Crippen molar-refractivity contribution in [2.45, 2.75) is 155 Å². The quantitative estimate of drug-likeness (QED) is 0.0407. The van der Waals surface area contributed by atoms with E-state index in [-0.39, 0.29) is 17.8 Å². The maximum Gasteiger partial charge on any atom is 0.242 e. The molecule has 0 fully saturated rings. The van der Waals surface area contributed by atoms with Crippen molar-refractivity contribution in [2.75, 3.05) is 13.1 Å². The van der Waals surface area contributed by atoms with Crippen LogP contribution in [0.25, 0.3) is 0 Å². The van der Waals surface area contributed by atoms with Gasteiger partial charge in [0.2, 0.25) is 11.8 Å². The molecule has 0 saturated carbocycles. The van der Waals surface area contributed by atoms with E-state index in [0.717, 1.165) is 38.5 Å². The molecule has 0 bridgehead atoms. The summed E-state index contributed by atoms with van der Waals surface area (Å²) in [5.74, 6) is -0.231. The second-order valence-electron chi connectivity index (χ2n) is 10.6. The molecule has 222 valence electrons. The van der Waals surface area contributed by atoms with E-state index in [4.69, 9.17) is 11.5 Å². The van der Waals surface area contributed by atoms with Crippen molar-refractivity contribution >= 4 is 17.8 Å². The van der Waals surface area contributed by atoms with E-state index in [9.17, 15) is 9.59 Å². The number of unbranched alkanes of at least 4 members (excludes halogenated alkanes) is 16. The number of allylic oxidation sites excluding steroid dienone is 2. The van der Waals surface area contributed by atoms with Gasteiger partial charge in [-0.15, -0.1) is 0 Å². The molecule has 0 heterocycles. The standard InChI is InChI=1S/C31H61N5O2/c1-3-5-7-9-11-12-13-14-15-16-17-18-19-20-22-24-29(37)36-28(25-27-35-31(32)33)30(38)34-26-23-21-10-8-6-4-2/h14-15,28H,3-13,16-27H2,1-2H3,(H,34,38)(H,36,37)(H4,32,33,35). The minimum absolute atomic E-state index is 0.00383. The number of hydrogen-bond acceptors (Lipinski definition) is 3. The Morgan fingerprint density at radius 2 is 1.21 bits per heavy atom. The molecule has 0 radical (unpaired) electrons. The Bertz CT molecular complexity index is 617. The lowest BCUT2D eigenvalue weighted by molar-refractivity contribution is -0.129. The van der Waals surface area contributed by atoms with E-state index in [1.54, 1.807) is 0 Å². The van der Waals surface area contributed by atoms with Gasteiger partial charge in [-0.25, -0.2) is 0 Å². The molecule has 38 heavy (non-hydrogen) atoms. The molecule has 0 spiro atoms. The second-order valence-corrected chi connectivity index (χ2v) is 10.6. The van der Waals surface area contributed by atoms with Crippen LogP contribution < -0.4 is 22.1 Å². The summed E-state index contributed by atoms with van der Waals surface area (Å²) >= 11 is 0. The molecule has 1 unspecified atom stereocenters. The van der Waals surface area contributed by atoms with E-state index in [2.05, 4.69) is 41.6 Å². The lowest BCUT2D eigenvalue weighted by Crippen LogP contribution is -2.47. The van der Waals surface area contributed by atoms with Gasteiger partial charge in [-0.1, -0.05) is 109 Å². The van der Waals surface area contributed by atoms with Gasteiger partial charge in [0.25, 0.3) is 0 Å². The Hall–Kier alpha value is -2.05. The molecule has 6 N–H and O–H groups in total. The number of nitrogens with two attached hydrogens (primary N) is 2. The van der Waals surface area contributed by atoms with Crippen molar-refractivity contribution in [1.82, 2.24) is 10.6 Å². The van der Waals surface area contributed by atoms with E-state index < -0.39 is 6.04 Å². The summed E-state index contributed by atoms with van der Waals surface area (Å²) in [7, 11) is 0. The first kappa shape index (κ1) is 35.9. The van der Waals surface area contributed by atoms with Crippen molar-refractivity contribution in [2.24, 2.45) is 16.5 Å². The van der Waals surface area contributed by atoms with E-state index in [1.165, 1.54) is 83.5 Å². The molecular weight excluding hydrogens is 474 g/mol. The Morgan fingerprint density at radius 3 is 1.76 bits per heavy atom. The first-order valence-corrected chi connectivity index (χ1v) is 15.8. The van der Waals surface area contributed by atoms with Gasteiger partial charge >= 0.3 is 0 Å². The first-order chi connectivity index (χ1) is 18.5. The summed E-state index contributed by atoms with van der Waals surface area (Å²) in [5, 5.41) is 5.87. The van der Waals surface area contributed by atoms with Crippen molar-refractivity contribution in [3.8, 4) is 0 Å². The van der Waals surface area contributed by atoms with Crippen LogP contribution in [0.2, 0.25) is 0 Å². The zero-order valence-electron chi connectivity index (χ0n) is 24.9. The molecular formula is C31H61N5O2. The number of guanidine groups is 1. The third-order valence-electron chi connectivity index (χ3n) is 6.86. The maximum atomic E-state index is 12.7. The predicted octanol–water partition coefficient (Wildman–Crippen LogP) is 6.65. The van der Waals surface area contributed by atoms with Crippen LogP contribution in [0, 0.1) is 0 Å². The molecule has 1 atom stereocenters. The zero-order valence-corrected chi connectivity index (χ0v) is 24.9. The Labute approximate surface area is 234 Å². The van der Waals surface area contributed by atoms with Gasteiger partial charge in [0, 0.05) is 19.5 Å². The third-order valence-corrected chi connectivity index (χ3v) is 6.86. The van der Waals surface area contributed by atoms with Crippen molar-refractivity contribution < 1.29 is 9.59 Å². The highest BCUT2D eigenvalue weighted by atomic mass is 16.2. The van der Waals surface area contributed by atoms with Crippen molar-refractivity contribution in [3.63, 3.8) is 0 Å². The van der Waals surface area contributed by atoms with Crippen molar-refractivity contribution in [1.29, 1.82) is 0 Å². The Kier molecular flexibility index (Phi) is 26.5. The van der Waals surface area contributed by atoms with E-state index >= 15 is 0 Å². The molecule has 0 aliphatic heterocycles. The summed E-state index contributed by atoms with van der Waals surface area (Å²) in [6, 6.07) is -0.603. The number of nitrogens with one attached hydrogen (secondary N) is 2. The van der Waals surface area contributed by atoms with Gasteiger partial charge in [0.15, 0.2) is 5.96 Å². The van der Waals surface area contributed by atoms with Crippen LogP contribution in [0.4, 0.5) is 0 Å². The van der Waals surface area contributed by atoms with Gasteiger partial charge in [-0.2, -0.15) is 0 Å². The van der Waals surface area contributed by atoms with Crippen LogP contribution in [-0.2, 0) is 9.59 Å². The van der Waals surface area contributed by atoms with Gasteiger partial charge in [0.05, 0.1) is 0 Å². The normalized spacial score (nSPS) is 11.9. The van der Waals surface area contributed by atoms with Crippen LogP contribution >= 0.6 is 0 Å². The molecule has 0 saturated heterocycles. The molecule has 7 nitrogen and oxygen atoms in total. The summed E-state index contributed by atoms with van der Waals surface area (Å²) < 4.78 is 0. The minimum atomic E-state index is -0.603. The molecule has 0 rings (SSSR count). The molecule has 0 aromatic heterocycles. The maximum absolute atomic E-state index is 12.7. The van der Waals surface area contributed by atoms with Crippen molar-refractivity contribution in [3.05, 3.63) is 12.2 Å². The highest BCUT2D eigenvalue weighted by Crippen LogP contribution is 2.10. The van der Waals surface area contributed by atoms with Crippen LogP contribution in [0.1, 0.15) is 149 Å². The number of rotatable bonds is 27. The molecule has 0 aromatic carbocycles. The summed E-state index contributed by atoms with van der Waals surface area (Å²) in [6.07, 6.45) is 28.5. The van der Waals surface area contributed by atoms with Crippen LogP contribution in [0.15, 0.2) is 17.1 Å². The summed E-state index contributed by atoms with van der Waals surface area (Å²) in [4.78, 5) is 29.1. The van der Waals surface area contributed by atoms with Crippen LogP contribution in [0.5, 0.6) is 0 Å². The smallest absolute Gasteiger partial charge is 0.242 e. The van der Waals surface area contributed by atoms with Gasteiger partial charge in [-0.3, -0.25) is 14.6 Å². The average Bonchev–Trinajstić information content (AvgIpc) is 2.89. The van der Waals surface area contributed by atoms with Gasteiger partial charge in [-0.05, 0) is 44.9 Å². The lowest BCUT2D eigenvalue weighted by Gasteiger charge is -2.18. The average molecular weight is 536 g/mol. The fraction of sp³-hybridized carbons (Fsp3) is 0.839. The SMILES string of the molecule is CCCCCCCCC=CCCCCCCCC(=O)NC(CCN=C(N)N)C(=O)NCCCCCCCC. The van der Waals surface area contributed by atoms with Crippen LogP contribution in [0.3, 0.4) is 0 Å². The van der Waals surface area contributed by atoms with Gasteiger partial charge in [0.1, 0.15) is 6.04 Å². The van der Waals surface area contributed by atoms with Crippen LogP contribution in [-0.4, -0.2) is 36.9 Å². The van der Waals surface area contributed by atoms with E-state index in [0.29, 0.717) is 25.9 Å². The predicted molar refractivity (Wildman–Crippen MR) is 163 cm³/mol. The zero-order chi connectivity index (χ0) is 28.1. The number of hydrogen-bond donors (Lipinski definition) is 4. The van der Waals surface area contributed by atoms with Gasteiger partial charge < -0.3 is 22.1 Å². The summed E-state index contributed by atoms with van der Waals surface area (Å²) in [5.41, 5.74) is 10.8. The highest BCUT2D eigenvalue weighted by Gasteiger charge is 2.19. The lowest BCUT2D eigenvalue weighted by atomic mass is 10.1. The number of amides is 2. The fourth-order valence-electron chi connectivity index (χ4n) is 4.45. The minimum Gasteiger partial charge on any atom is -0.370 e. The molecule has 0 aromatic rings. The first-order valence-electron chi connectivity index (χ1n) is 15.8. The molecule has 2 amide bonds. The molecule has 0 aliphatic rings. The number of aliphatic imine (C=N–C) groups is 1. The topological polar surface area (TPSA) is 123 Å². The highest BCUT2D eigenvalue weighted by molar-refractivity contribution is 5.87. The third kappa shape index (κ3) is 25.6. The largest absolute Gasteiger partial charge is 0.370 e. The van der Waals surface area contributed by atoms with E-state index in [1.807, 2.05) is 0 Å². The second kappa shape index (κ2) is 28.0. The number of carbonyl (C=O) groups excluding carboxylic acids is 2. The molecule has 7 heteroatoms. The Balaban J connectivity index is 4.00. The number of carbonyl (C=O) groups is 2. The fourth-order valence-corrected chi connectivity index (χ4v) is 4.45. The summed E-state index contributed by atoms with van der Waals surface area (Å²) in [6.45, 7) is 5.41. The Morgan fingerprint density at radius 1 is 0.711 bits per heavy atom. The number of nitrogens with zero attached hydrogens (tertiary/aromatic N) is 1. The molecule has 0 aliphatic carbocycles. The monoisotopic (exact) mass is 535 g/mol.